The molecule has 8 aromatic carbocycles. The Kier molecular flexibility index (Phi) is 16.7. The van der Waals surface area contributed by atoms with Gasteiger partial charge >= 0.3 is 87.3 Å². The van der Waals surface area contributed by atoms with Crippen molar-refractivity contribution in [1.82, 2.24) is 0 Å². The Labute approximate surface area is 554 Å². The Hall–Kier alpha value is -4.71. The average Bonchev–Trinajstić information content (AvgIpc) is 1.03. The summed E-state index contributed by atoms with van der Waals surface area (Å²) in [6.45, 7) is 6.22. The van der Waals surface area contributed by atoms with Crippen LogP contribution in [0.25, 0.3) is 0 Å². The molecule has 2 saturated carbocycles. The quantitative estimate of drug-likeness (QED) is 0.0857. The van der Waals surface area contributed by atoms with Gasteiger partial charge in [-0.2, -0.15) is 0 Å². The predicted octanol–water partition coefficient (Wildman–Crippen LogP) is 7.21. The van der Waals surface area contributed by atoms with E-state index in [2.05, 4.69) is 31.8 Å². The molecule has 0 amide bonds. The minimum Gasteiger partial charge on any atom is -0.391 e. The zero-order valence-electron chi connectivity index (χ0n) is 52.2. The number of fused-ring (bicyclic) bond motifs is 6. The average molecular weight is 1420 g/mol. The predicted molar refractivity (Wildman–Crippen MR) is 371 cm³/mol. The van der Waals surface area contributed by atoms with Gasteiger partial charge in [0.2, 0.25) is 0 Å². The third kappa shape index (κ3) is 12.3. The van der Waals surface area contributed by atoms with Crippen LogP contribution in [0.2, 0.25) is 31.7 Å². The number of hydrogen-bond donors (Lipinski definition) is 1. The molecular formula is C67H76O16Si10. The van der Waals surface area contributed by atoms with Gasteiger partial charge in [0.15, 0.2) is 0 Å². The van der Waals surface area contributed by atoms with E-state index in [-0.39, 0.29) is 36.3 Å². The van der Waals surface area contributed by atoms with E-state index in [4.69, 9.17) is 63.0 Å². The maximum absolute atomic E-state index is 14.9. The molecule has 8 aliphatic rings. The second-order valence-corrected chi connectivity index (χ2v) is 56.7. The number of benzene rings is 8. The largest absolute Gasteiger partial charge is 0.520 e. The monoisotopic (exact) mass is 1420 g/mol. The maximum atomic E-state index is 14.9. The highest BCUT2D eigenvalue weighted by atomic mass is 28.6. The highest BCUT2D eigenvalue weighted by Crippen LogP contribution is 2.48. The molecular weight excluding hydrogens is 1340 g/mol. The molecule has 6 bridgehead atoms. The first kappa shape index (κ1) is 63.1. The second-order valence-electron chi connectivity index (χ2n) is 26.2. The van der Waals surface area contributed by atoms with Crippen molar-refractivity contribution in [3.05, 3.63) is 243 Å². The second kappa shape index (κ2) is 24.7. The molecule has 93 heavy (non-hydrogen) atoms. The third-order valence-electron chi connectivity index (χ3n) is 19.4. The Morgan fingerprint density at radius 1 is 0.280 bits per heavy atom. The summed E-state index contributed by atoms with van der Waals surface area (Å²) in [5.41, 5.74) is 0. The highest BCUT2D eigenvalue weighted by Gasteiger charge is 2.80. The van der Waals surface area contributed by atoms with Gasteiger partial charge in [-0.1, -0.05) is 243 Å². The van der Waals surface area contributed by atoms with E-state index in [9.17, 15) is 4.80 Å². The lowest BCUT2D eigenvalue weighted by atomic mass is 9.88. The summed E-state index contributed by atoms with van der Waals surface area (Å²) in [5.74, 6) is 0.523. The number of rotatable bonds is 14. The Morgan fingerprint density at radius 3 is 0.806 bits per heavy atom. The Morgan fingerprint density at radius 2 is 0.527 bits per heavy atom. The minimum atomic E-state index is -5.27. The topological polar surface area (TPSA) is 165 Å². The van der Waals surface area contributed by atoms with Crippen LogP contribution in [0.1, 0.15) is 51.4 Å². The first-order valence-corrected chi connectivity index (χ1v) is 52.2. The van der Waals surface area contributed by atoms with Gasteiger partial charge in [-0.25, -0.2) is 0 Å². The standard InChI is InChI=1S/C67H76O16Si10/c1-84(50-48-54-44-46-64-66(52-54)69-64)71-88(58-32-16-6-17-33-58)75-86(3,56-28-12-4-13-29-56)76-89(59-34-18-7-19-35-59)72-85(2,51-49-55-45-47-65-67(53-55)70-65)74-91(61-38-22-9-23-39-61)78-87(68,57-30-14-5-15-31-57)77-90(73-84,60-36-20-8-21-37-60)81-93(82-91,63-42-26-11-27-43-63)83-92(79-88,80-89)62-40-24-10-25-41-62/h4-43,54-55,64-68H,44-53H2,1-3H3. The van der Waals surface area contributed by atoms with Crippen LogP contribution >= 0.6 is 0 Å². The van der Waals surface area contributed by atoms with Crippen molar-refractivity contribution in [1.29, 1.82) is 0 Å². The van der Waals surface area contributed by atoms with Crippen LogP contribution in [0.4, 0.5) is 0 Å². The molecule has 6 heterocycles. The van der Waals surface area contributed by atoms with E-state index in [0.717, 1.165) is 43.7 Å². The summed E-state index contributed by atoms with van der Waals surface area (Å²) in [7, 11) is -48.3. The molecule has 8 fully saturated rings. The molecule has 12 unspecified atom stereocenters. The fourth-order valence-corrected chi connectivity index (χ4v) is 68.5. The fourth-order valence-electron chi connectivity index (χ4n) is 14.5. The van der Waals surface area contributed by atoms with Gasteiger partial charge in [0.1, 0.15) is 0 Å². The lowest BCUT2D eigenvalue weighted by Gasteiger charge is -2.58. The van der Waals surface area contributed by atoms with Crippen LogP contribution < -0.4 is 41.5 Å². The number of epoxide rings is 2. The summed E-state index contributed by atoms with van der Waals surface area (Å²) in [5, 5.41) is 4.44. The zero-order chi connectivity index (χ0) is 63.0. The van der Waals surface area contributed by atoms with Crippen LogP contribution in [-0.4, -0.2) is 117 Å². The van der Waals surface area contributed by atoms with E-state index in [1.54, 1.807) is 0 Å². The third-order valence-corrected chi connectivity index (χ3v) is 62.1. The van der Waals surface area contributed by atoms with Crippen molar-refractivity contribution in [2.24, 2.45) is 11.8 Å². The summed E-state index contributed by atoms with van der Waals surface area (Å²) in [6.07, 6.45) is 8.04. The van der Waals surface area contributed by atoms with Crippen molar-refractivity contribution in [2.75, 3.05) is 0 Å². The zero-order valence-corrected chi connectivity index (χ0v) is 62.2. The van der Waals surface area contributed by atoms with E-state index >= 15 is 0 Å². The van der Waals surface area contributed by atoms with Gasteiger partial charge in [0.25, 0.3) is 0 Å². The summed E-state index contributed by atoms with van der Waals surface area (Å²) >= 11 is 0. The first-order chi connectivity index (χ1) is 45.1. The Bertz CT molecular complexity index is 3530. The van der Waals surface area contributed by atoms with Gasteiger partial charge in [0, 0.05) is 36.3 Å². The van der Waals surface area contributed by atoms with Crippen LogP contribution in [0, 0.1) is 11.8 Å². The van der Waals surface area contributed by atoms with E-state index < -0.39 is 87.3 Å². The van der Waals surface area contributed by atoms with Crippen LogP contribution in [-0.2, 0) is 63.0 Å². The molecule has 0 radical (unpaired) electrons. The van der Waals surface area contributed by atoms with Crippen molar-refractivity contribution >= 4 is 129 Å². The molecule has 26 heteroatoms. The lowest BCUT2D eigenvalue weighted by molar-refractivity contribution is 0.0529. The molecule has 6 saturated heterocycles. The van der Waals surface area contributed by atoms with Crippen LogP contribution in [0.15, 0.2) is 243 Å². The minimum absolute atomic E-state index is 0.206. The van der Waals surface area contributed by atoms with E-state index in [0.29, 0.717) is 61.2 Å². The lowest BCUT2D eigenvalue weighted by Crippen LogP contribution is -2.90. The van der Waals surface area contributed by atoms with Crippen molar-refractivity contribution < 1.29 is 67.8 Å². The summed E-state index contributed by atoms with van der Waals surface area (Å²) in [6, 6.07) is 79.2. The maximum Gasteiger partial charge on any atom is 0.520 e. The molecule has 8 aromatic rings. The van der Waals surface area contributed by atoms with E-state index in [1.807, 2.05) is 231 Å². The summed E-state index contributed by atoms with van der Waals surface area (Å²) < 4.78 is 123. The molecule has 16 nitrogen and oxygen atoms in total. The molecule has 6 aliphatic heterocycles. The van der Waals surface area contributed by atoms with Gasteiger partial charge < -0.3 is 67.8 Å². The molecule has 12 atom stereocenters. The smallest absolute Gasteiger partial charge is 0.391 e. The van der Waals surface area contributed by atoms with Gasteiger partial charge in [-0.3, -0.25) is 0 Å². The molecule has 0 aromatic heterocycles. The summed E-state index contributed by atoms with van der Waals surface area (Å²) in [4.78, 5) is 14.9. The SMILES string of the molecule is C[Si]1(CCC2CCC3OC3C2)O[Si]2(c3ccccc3)O[Si](C)(c3ccccc3)O[Si]3(c4ccccc4)O[Si](C)(CCC4CCC5OC5C4)O[Si]4(c5ccccc5)O[Si](O)(c5ccccc5)O[Si](c5ccccc5)(O1)O[Si](c1ccccc1)(O4)O[Si](c1ccccc1)(O2)O3. The van der Waals surface area contributed by atoms with Gasteiger partial charge in [-0.05, 0) is 100 Å². The van der Waals surface area contributed by atoms with Crippen LogP contribution in [0.5, 0.6) is 0 Å². The molecule has 0 spiro atoms. The van der Waals surface area contributed by atoms with Crippen molar-refractivity contribution in [3.63, 3.8) is 0 Å². The van der Waals surface area contributed by atoms with Crippen molar-refractivity contribution in [3.8, 4) is 0 Å². The van der Waals surface area contributed by atoms with Crippen LogP contribution in [0.3, 0.4) is 0 Å². The molecule has 2 aliphatic carbocycles. The fraction of sp³-hybridized carbons (Fsp3) is 0.284. The molecule has 480 valence electrons. The van der Waals surface area contributed by atoms with E-state index in [1.165, 1.54) is 0 Å². The van der Waals surface area contributed by atoms with Gasteiger partial charge in [-0.15, -0.1) is 0 Å². The normalized spacial score (nSPS) is 38.7. The van der Waals surface area contributed by atoms with Gasteiger partial charge in [0.05, 0.1) is 24.4 Å². The molecule has 1 N–H and O–H groups in total. The number of hydrogen-bond acceptors (Lipinski definition) is 16. The first-order valence-electron chi connectivity index (χ1n) is 32.7. The highest BCUT2D eigenvalue weighted by molar-refractivity contribution is 7.10. The van der Waals surface area contributed by atoms with Crippen molar-refractivity contribution in [2.45, 2.75) is 108 Å². The molecule has 16 rings (SSSR count). The Balaban J connectivity index is 1.07. The number of ether oxygens (including phenoxy) is 2.